The van der Waals surface area contributed by atoms with E-state index in [2.05, 4.69) is 31.3 Å². The molecule has 0 saturated carbocycles. The van der Waals surface area contributed by atoms with Gasteiger partial charge in [0.25, 0.3) is 0 Å². The predicted octanol–water partition coefficient (Wildman–Crippen LogP) is 16.1. The number of carbonyl (C=O) groups excluding carboxylic acids is 2. The summed E-state index contributed by atoms with van der Waals surface area (Å²) in [6.45, 7) is 4.89. The third-order valence-corrected chi connectivity index (χ3v) is 12.6. The van der Waals surface area contributed by atoms with E-state index >= 15 is 0 Å². The van der Waals surface area contributed by atoms with Crippen LogP contribution in [0.5, 0.6) is 0 Å². The van der Waals surface area contributed by atoms with Gasteiger partial charge >= 0.3 is 5.97 Å². The maximum absolute atomic E-state index is 12.5. The Morgan fingerprint density at radius 3 is 1.23 bits per heavy atom. The number of esters is 1. The first-order valence-corrected chi connectivity index (χ1v) is 26.9. The monoisotopic (exact) mass is 848 g/mol. The van der Waals surface area contributed by atoms with Crippen molar-refractivity contribution >= 4 is 11.9 Å². The second kappa shape index (κ2) is 50.2. The fourth-order valence-corrected chi connectivity index (χ4v) is 8.39. The molecule has 6 heteroatoms. The van der Waals surface area contributed by atoms with Crippen LogP contribution in [0, 0.1) is 0 Å². The van der Waals surface area contributed by atoms with Crippen LogP contribution in [0.2, 0.25) is 0 Å². The number of nitrogens with one attached hydrogen (secondary N) is 1. The van der Waals surface area contributed by atoms with Crippen LogP contribution in [0.4, 0.5) is 0 Å². The summed E-state index contributed by atoms with van der Waals surface area (Å²) in [4.78, 5) is 24.5. The molecule has 0 aliphatic heterocycles. The van der Waals surface area contributed by atoms with Crippen LogP contribution in [0.1, 0.15) is 296 Å². The minimum atomic E-state index is -0.677. The first-order chi connectivity index (χ1) is 29.5. The average Bonchev–Trinajstić information content (AvgIpc) is 3.25. The van der Waals surface area contributed by atoms with Gasteiger partial charge in [0, 0.05) is 12.8 Å². The van der Waals surface area contributed by atoms with Gasteiger partial charge in [-0.1, -0.05) is 251 Å². The predicted molar refractivity (Wildman–Crippen MR) is 260 cm³/mol. The van der Waals surface area contributed by atoms with Gasteiger partial charge in [-0.3, -0.25) is 9.59 Å². The number of aliphatic hydroxyl groups excluding tert-OH is 2. The number of hydrogen-bond acceptors (Lipinski definition) is 5. The second-order valence-corrected chi connectivity index (χ2v) is 18.6. The Hall–Kier alpha value is -1.40. The van der Waals surface area contributed by atoms with Crippen molar-refractivity contribution in [2.75, 3.05) is 13.2 Å². The number of amides is 1. The molecule has 0 heterocycles. The van der Waals surface area contributed by atoms with Crippen LogP contribution in [0.25, 0.3) is 0 Å². The van der Waals surface area contributed by atoms with Crippen molar-refractivity contribution in [1.29, 1.82) is 0 Å². The quantitative estimate of drug-likeness (QED) is 0.0322. The molecule has 6 nitrogen and oxygen atoms in total. The molecule has 2 unspecified atom stereocenters. The Morgan fingerprint density at radius 2 is 0.800 bits per heavy atom. The van der Waals surface area contributed by atoms with Gasteiger partial charge in [-0.2, -0.15) is 0 Å². The van der Waals surface area contributed by atoms with Gasteiger partial charge in [-0.05, 0) is 44.9 Å². The van der Waals surface area contributed by atoms with E-state index in [0.717, 1.165) is 57.8 Å². The first kappa shape index (κ1) is 58.6. The van der Waals surface area contributed by atoms with Crippen LogP contribution in [0.3, 0.4) is 0 Å². The highest BCUT2D eigenvalue weighted by atomic mass is 16.5. The van der Waals surface area contributed by atoms with Crippen molar-refractivity contribution in [2.45, 2.75) is 309 Å². The summed E-state index contributed by atoms with van der Waals surface area (Å²) < 4.78 is 5.44. The van der Waals surface area contributed by atoms with Crippen molar-refractivity contribution < 1.29 is 24.5 Å². The lowest BCUT2D eigenvalue weighted by molar-refractivity contribution is -0.143. The number of ether oxygens (including phenoxy) is 1. The summed E-state index contributed by atoms with van der Waals surface area (Å²) in [5.74, 6) is -0.0756. The number of hydrogen-bond donors (Lipinski definition) is 3. The van der Waals surface area contributed by atoms with Gasteiger partial charge in [0.05, 0.1) is 25.4 Å². The van der Waals surface area contributed by atoms with E-state index in [0.29, 0.717) is 25.9 Å². The van der Waals surface area contributed by atoms with E-state index in [1.54, 1.807) is 0 Å². The number of rotatable bonds is 50. The maximum atomic E-state index is 12.5. The molecule has 0 aliphatic rings. The van der Waals surface area contributed by atoms with Gasteiger partial charge in [-0.25, -0.2) is 0 Å². The molecule has 0 aliphatic carbocycles. The molecule has 1 amide bonds. The maximum Gasteiger partial charge on any atom is 0.305 e. The van der Waals surface area contributed by atoms with Crippen LogP contribution in [-0.2, 0) is 14.3 Å². The summed E-state index contributed by atoms with van der Waals surface area (Å²) in [6, 6.07) is -0.555. The zero-order valence-electron chi connectivity index (χ0n) is 40.5. The first-order valence-electron chi connectivity index (χ1n) is 26.9. The molecule has 0 rings (SSSR count). The molecular weight excluding hydrogens is 743 g/mol. The third kappa shape index (κ3) is 46.1. The summed E-state index contributed by atoms with van der Waals surface area (Å²) in [6.07, 6.45) is 57.6. The average molecular weight is 848 g/mol. The minimum absolute atomic E-state index is 0.0239. The standard InChI is InChI=1S/C54H105NO5/c1-3-5-7-9-11-13-15-16-17-18-19-20-21-22-23-24-27-30-34-38-42-46-52(57)51(50-56)55-53(58)47-43-39-35-31-28-25-29-33-37-41-45-49-60-54(59)48-44-40-36-32-26-14-12-10-8-6-4-2/h10,12,51-52,56-57H,3-9,11,13-50H2,1-2H3,(H,55,58)/b12-10-. The fraction of sp³-hybridized carbons (Fsp3) is 0.926. The highest BCUT2D eigenvalue weighted by Gasteiger charge is 2.20. The van der Waals surface area contributed by atoms with Gasteiger partial charge in [0.15, 0.2) is 0 Å². The molecule has 0 aromatic rings. The number of aliphatic hydroxyl groups is 2. The third-order valence-electron chi connectivity index (χ3n) is 12.6. The smallest absolute Gasteiger partial charge is 0.305 e. The zero-order valence-corrected chi connectivity index (χ0v) is 40.5. The van der Waals surface area contributed by atoms with Crippen molar-refractivity contribution in [1.82, 2.24) is 5.32 Å². The Labute approximate surface area is 374 Å². The molecule has 0 radical (unpaired) electrons. The number of carbonyl (C=O) groups is 2. The van der Waals surface area contributed by atoms with E-state index in [4.69, 9.17) is 4.74 Å². The molecule has 0 fully saturated rings. The van der Waals surface area contributed by atoms with Crippen LogP contribution in [0.15, 0.2) is 12.2 Å². The lowest BCUT2D eigenvalue weighted by atomic mass is 10.0. The Balaban J connectivity index is 3.47. The lowest BCUT2D eigenvalue weighted by Crippen LogP contribution is -2.45. The van der Waals surface area contributed by atoms with Crippen LogP contribution >= 0.6 is 0 Å². The topological polar surface area (TPSA) is 95.9 Å². The SMILES string of the molecule is CCCC/C=C\CCCCCCCC(=O)OCCCCCCCCCCCCCC(=O)NC(CO)C(O)CCCCCCCCCCCCCCCCCCCCCCC. The van der Waals surface area contributed by atoms with Gasteiger partial charge in [0.2, 0.25) is 5.91 Å². The highest BCUT2D eigenvalue weighted by Crippen LogP contribution is 2.17. The van der Waals surface area contributed by atoms with Crippen molar-refractivity contribution in [3.05, 3.63) is 12.2 Å². The van der Waals surface area contributed by atoms with Crippen LogP contribution in [-0.4, -0.2) is 47.4 Å². The van der Waals surface area contributed by atoms with Gasteiger partial charge < -0.3 is 20.3 Å². The molecule has 0 saturated heterocycles. The number of unbranched alkanes of at least 4 members (excludes halogenated alkanes) is 37. The molecule has 356 valence electrons. The molecule has 60 heavy (non-hydrogen) atoms. The Kier molecular flexibility index (Phi) is 49.1. The van der Waals surface area contributed by atoms with E-state index in [1.807, 2.05) is 0 Å². The molecule has 0 aromatic carbocycles. The fourth-order valence-electron chi connectivity index (χ4n) is 8.39. The van der Waals surface area contributed by atoms with Crippen LogP contribution < -0.4 is 5.32 Å². The lowest BCUT2D eigenvalue weighted by Gasteiger charge is -2.22. The molecule has 3 N–H and O–H groups in total. The Morgan fingerprint density at radius 1 is 0.450 bits per heavy atom. The molecule has 0 spiro atoms. The zero-order chi connectivity index (χ0) is 43.7. The van der Waals surface area contributed by atoms with Gasteiger partial charge in [0.1, 0.15) is 0 Å². The normalized spacial score (nSPS) is 12.7. The van der Waals surface area contributed by atoms with Crippen molar-refractivity contribution in [3.63, 3.8) is 0 Å². The van der Waals surface area contributed by atoms with E-state index in [-0.39, 0.29) is 18.5 Å². The van der Waals surface area contributed by atoms with Gasteiger partial charge in [-0.15, -0.1) is 0 Å². The summed E-state index contributed by atoms with van der Waals surface area (Å²) in [5, 5.41) is 23.3. The minimum Gasteiger partial charge on any atom is -0.466 e. The summed E-state index contributed by atoms with van der Waals surface area (Å²) in [5.41, 5.74) is 0. The molecule has 0 aromatic heterocycles. The van der Waals surface area contributed by atoms with Crippen molar-refractivity contribution in [3.8, 4) is 0 Å². The molecule has 0 bridgehead atoms. The van der Waals surface area contributed by atoms with E-state index in [1.165, 1.54) is 205 Å². The van der Waals surface area contributed by atoms with Crippen molar-refractivity contribution in [2.24, 2.45) is 0 Å². The molecular formula is C54H105NO5. The number of allylic oxidation sites excluding steroid dienone is 2. The molecule has 2 atom stereocenters. The largest absolute Gasteiger partial charge is 0.466 e. The van der Waals surface area contributed by atoms with E-state index in [9.17, 15) is 19.8 Å². The summed E-state index contributed by atoms with van der Waals surface area (Å²) >= 11 is 0. The Bertz CT molecular complexity index is 893. The highest BCUT2D eigenvalue weighted by molar-refractivity contribution is 5.76. The summed E-state index contributed by atoms with van der Waals surface area (Å²) in [7, 11) is 0. The second-order valence-electron chi connectivity index (χ2n) is 18.6. The van der Waals surface area contributed by atoms with E-state index < -0.39 is 12.1 Å².